The summed E-state index contributed by atoms with van der Waals surface area (Å²) in [6.45, 7) is 1.21. The van der Waals surface area contributed by atoms with Gasteiger partial charge in [0.15, 0.2) is 12.6 Å². The standard InChI is InChI=1S/C13H20O4/c14-12-8-7-11(17-12)5-1-3-9-15-13-6-2-4-10-16-13/h11-14H,2,4-10H2. The summed E-state index contributed by atoms with van der Waals surface area (Å²) in [6, 6.07) is 0. The molecule has 0 aliphatic carbocycles. The van der Waals surface area contributed by atoms with Crippen LogP contribution in [0.4, 0.5) is 0 Å². The van der Waals surface area contributed by atoms with E-state index in [0.717, 1.165) is 32.3 Å². The first-order valence-electron chi connectivity index (χ1n) is 6.37. The SMILES string of the molecule is OC1CCC(CC#CCOC2CCCCO2)O1. The lowest BCUT2D eigenvalue weighted by Gasteiger charge is -2.21. The van der Waals surface area contributed by atoms with E-state index in [1.807, 2.05) is 0 Å². The summed E-state index contributed by atoms with van der Waals surface area (Å²) >= 11 is 0. The van der Waals surface area contributed by atoms with Crippen molar-refractivity contribution in [2.45, 2.75) is 57.2 Å². The van der Waals surface area contributed by atoms with Gasteiger partial charge in [0, 0.05) is 19.4 Å². The Kier molecular flexibility index (Phi) is 5.27. The van der Waals surface area contributed by atoms with Crippen LogP contribution < -0.4 is 0 Å². The third-order valence-corrected chi connectivity index (χ3v) is 3.02. The highest BCUT2D eigenvalue weighted by molar-refractivity contribution is 5.01. The lowest BCUT2D eigenvalue weighted by molar-refractivity contribution is -0.154. The number of rotatable bonds is 3. The Morgan fingerprint density at radius 2 is 2.12 bits per heavy atom. The van der Waals surface area contributed by atoms with Crippen LogP contribution in [0, 0.1) is 11.8 Å². The van der Waals surface area contributed by atoms with Crippen molar-refractivity contribution >= 4 is 0 Å². The molecule has 2 rings (SSSR count). The fourth-order valence-corrected chi connectivity index (χ4v) is 2.05. The second-order valence-electron chi connectivity index (χ2n) is 4.45. The minimum absolute atomic E-state index is 0.0670. The first kappa shape index (κ1) is 12.8. The van der Waals surface area contributed by atoms with Crippen molar-refractivity contribution in [1.29, 1.82) is 0 Å². The Hall–Kier alpha value is -0.600. The van der Waals surface area contributed by atoms with Gasteiger partial charge in [-0.3, -0.25) is 0 Å². The van der Waals surface area contributed by atoms with Crippen molar-refractivity contribution in [3.63, 3.8) is 0 Å². The average molecular weight is 240 g/mol. The van der Waals surface area contributed by atoms with Gasteiger partial charge in [-0.15, -0.1) is 0 Å². The number of hydrogen-bond acceptors (Lipinski definition) is 4. The summed E-state index contributed by atoms with van der Waals surface area (Å²) in [7, 11) is 0. The molecule has 96 valence electrons. The number of aliphatic hydroxyl groups excluding tert-OH is 1. The van der Waals surface area contributed by atoms with Crippen molar-refractivity contribution in [2.24, 2.45) is 0 Å². The Labute approximate surface area is 102 Å². The molecule has 2 aliphatic rings. The maximum atomic E-state index is 9.16. The van der Waals surface area contributed by atoms with Crippen LogP contribution in [0.15, 0.2) is 0 Å². The molecule has 2 heterocycles. The third-order valence-electron chi connectivity index (χ3n) is 3.02. The smallest absolute Gasteiger partial charge is 0.158 e. The zero-order valence-corrected chi connectivity index (χ0v) is 10.1. The van der Waals surface area contributed by atoms with Gasteiger partial charge in [0.05, 0.1) is 6.10 Å². The molecule has 0 saturated carbocycles. The molecule has 17 heavy (non-hydrogen) atoms. The number of hydrogen-bond donors (Lipinski definition) is 1. The molecule has 0 aromatic carbocycles. The van der Waals surface area contributed by atoms with Crippen LogP contribution in [0.1, 0.15) is 38.5 Å². The van der Waals surface area contributed by atoms with Crippen molar-refractivity contribution < 1.29 is 19.3 Å². The lowest BCUT2D eigenvalue weighted by Crippen LogP contribution is -2.22. The van der Waals surface area contributed by atoms with E-state index < -0.39 is 6.29 Å². The maximum Gasteiger partial charge on any atom is 0.158 e. The summed E-state index contributed by atoms with van der Waals surface area (Å²) in [5.74, 6) is 5.98. The average Bonchev–Trinajstić information content (AvgIpc) is 2.76. The van der Waals surface area contributed by atoms with E-state index in [1.165, 1.54) is 6.42 Å². The molecule has 0 radical (unpaired) electrons. The van der Waals surface area contributed by atoms with Crippen LogP contribution in [0.2, 0.25) is 0 Å². The second-order valence-corrected chi connectivity index (χ2v) is 4.45. The Balaban J connectivity index is 1.55. The van der Waals surface area contributed by atoms with Crippen LogP contribution in [0.5, 0.6) is 0 Å². The molecule has 4 heteroatoms. The van der Waals surface area contributed by atoms with E-state index in [-0.39, 0.29) is 12.4 Å². The van der Waals surface area contributed by atoms with Gasteiger partial charge in [-0.25, -0.2) is 0 Å². The molecule has 0 bridgehead atoms. The van der Waals surface area contributed by atoms with Gasteiger partial charge in [0.2, 0.25) is 0 Å². The normalized spacial score (nSPS) is 33.1. The third kappa shape index (κ3) is 4.64. The molecule has 2 fully saturated rings. The molecule has 0 spiro atoms. The van der Waals surface area contributed by atoms with Gasteiger partial charge >= 0.3 is 0 Å². The van der Waals surface area contributed by atoms with E-state index >= 15 is 0 Å². The van der Waals surface area contributed by atoms with Gasteiger partial charge in [-0.2, -0.15) is 0 Å². The van der Waals surface area contributed by atoms with E-state index in [4.69, 9.17) is 19.3 Å². The second kappa shape index (κ2) is 6.97. The number of ether oxygens (including phenoxy) is 3. The van der Waals surface area contributed by atoms with Crippen molar-refractivity contribution in [2.75, 3.05) is 13.2 Å². The van der Waals surface area contributed by atoms with E-state index in [9.17, 15) is 0 Å². The molecule has 0 aromatic heterocycles. The minimum atomic E-state index is -0.589. The molecular formula is C13H20O4. The van der Waals surface area contributed by atoms with Crippen LogP contribution in [-0.4, -0.2) is 37.0 Å². The topological polar surface area (TPSA) is 47.9 Å². The van der Waals surface area contributed by atoms with Gasteiger partial charge < -0.3 is 19.3 Å². The van der Waals surface area contributed by atoms with E-state index in [1.54, 1.807) is 0 Å². The van der Waals surface area contributed by atoms with Crippen LogP contribution in [0.25, 0.3) is 0 Å². The van der Waals surface area contributed by atoms with Crippen molar-refractivity contribution in [1.82, 2.24) is 0 Å². The molecule has 0 aromatic rings. The largest absolute Gasteiger partial charge is 0.368 e. The first-order valence-corrected chi connectivity index (χ1v) is 6.37. The fourth-order valence-electron chi connectivity index (χ4n) is 2.05. The first-order chi connectivity index (χ1) is 8.34. The molecule has 4 nitrogen and oxygen atoms in total. The molecule has 3 atom stereocenters. The lowest BCUT2D eigenvalue weighted by atomic mass is 10.2. The Morgan fingerprint density at radius 1 is 1.18 bits per heavy atom. The monoisotopic (exact) mass is 240 g/mol. The van der Waals surface area contributed by atoms with E-state index in [2.05, 4.69) is 11.8 Å². The van der Waals surface area contributed by atoms with Crippen LogP contribution >= 0.6 is 0 Å². The summed E-state index contributed by atoms with van der Waals surface area (Å²) in [4.78, 5) is 0. The summed E-state index contributed by atoms with van der Waals surface area (Å²) < 4.78 is 16.2. The molecule has 2 saturated heterocycles. The van der Waals surface area contributed by atoms with Crippen LogP contribution in [0.3, 0.4) is 0 Å². The van der Waals surface area contributed by atoms with Gasteiger partial charge in [0.25, 0.3) is 0 Å². The molecular weight excluding hydrogens is 220 g/mol. The zero-order valence-electron chi connectivity index (χ0n) is 10.1. The summed E-state index contributed by atoms with van der Waals surface area (Å²) in [5, 5.41) is 9.16. The quantitative estimate of drug-likeness (QED) is 0.758. The molecule has 3 unspecified atom stereocenters. The van der Waals surface area contributed by atoms with Crippen LogP contribution in [-0.2, 0) is 14.2 Å². The molecule has 0 amide bonds. The van der Waals surface area contributed by atoms with Crippen molar-refractivity contribution in [3.8, 4) is 11.8 Å². The van der Waals surface area contributed by atoms with Crippen molar-refractivity contribution in [3.05, 3.63) is 0 Å². The molecule has 2 aliphatic heterocycles. The van der Waals surface area contributed by atoms with Gasteiger partial charge in [-0.1, -0.05) is 11.8 Å². The predicted octanol–water partition coefficient (Wildman–Crippen LogP) is 1.42. The summed E-state index contributed by atoms with van der Waals surface area (Å²) in [5.41, 5.74) is 0. The highest BCUT2D eigenvalue weighted by atomic mass is 16.7. The molecule has 1 N–H and O–H groups in total. The zero-order chi connectivity index (χ0) is 11.9. The van der Waals surface area contributed by atoms with Gasteiger partial charge in [0.1, 0.15) is 6.61 Å². The Morgan fingerprint density at radius 3 is 2.82 bits per heavy atom. The Bertz CT molecular complexity index is 275. The predicted molar refractivity (Wildman–Crippen MR) is 62.0 cm³/mol. The minimum Gasteiger partial charge on any atom is -0.368 e. The van der Waals surface area contributed by atoms with Gasteiger partial charge in [-0.05, 0) is 25.7 Å². The number of aliphatic hydroxyl groups is 1. The highest BCUT2D eigenvalue weighted by Gasteiger charge is 2.21. The summed E-state index contributed by atoms with van der Waals surface area (Å²) in [6.07, 6.45) is 4.99. The highest BCUT2D eigenvalue weighted by Crippen LogP contribution is 2.19. The van der Waals surface area contributed by atoms with E-state index in [0.29, 0.717) is 13.0 Å². The fraction of sp³-hybridized carbons (Fsp3) is 0.846. The maximum absolute atomic E-state index is 9.16.